The first-order valence-electron chi connectivity index (χ1n) is 6.74. The van der Waals surface area contributed by atoms with Crippen LogP contribution in [0.2, 0.25) is 0 Å². The molecule has 3 heterocycles. The summed E-state index contributed by atoms with van der Waals surface area (Å²) in [6, 6.07) is -0.0968. The molecule has 2 aliphatic rings. The van der Waals surface area contributed by atoms with Gasteiger partial charge in [-0.1, -0.05) is 9.64 Å². The number of carbonyl (C=O) groups excluding carboxylic acids is 1. The molecule has 2 fully saturated rings. The molecule has 1 atom stereocenters. The summed E-state index contributed by atoms with van der Waals surface area (Å²) in [6.07, 6.45) is 4.06. The van der Waals surface area contributed by atoms with Crippen molar-refractivity contribution in [1.82, 2.24) is 24.6 Å². The van der Waals surface area contributed by atoms with Crippen LogP contribution in [0.3, 0.4) is 0 Å². The van der Waals surface area contributed by atoms with Crippen LogP contribution in [0.4, 0.5) is 0 Å². The molecule has 0 bridgehead atoms. The fourth-order valence-corrected chi connectivity index (χ4v) is 2.99. The molecule has 1 amide bonds. The Balaban J connectivity index is 1.58. The van der Waals surface area contributed by atoms with Gasteiger partial charge in [0.2, 0.25) is 5.89 Å². The van der Waals surface area contributed by atoms with Gasteiger partial charge in [0.05, 0.1) is 6.04 Å². The number of rotatable bonds is 3. The van der Waals surface area contributed by atoms with E-state index in [2.05, 4.69) is 19.7 Å². The Morgan fingerprint density at radius 3 is 3.05 bits per heavy atom. The average Bonchev–Trinajstić information content (AvgIpc) is 2.97. The minimum absolute atomic E-state index is 0.0968. The third kappa shape index (κ3) is 2.00. The molecule has 0 unspecified atom stereocenters. The summed E-state index contributed by atoms with van der Waals surface area (Å²) in [5.41, 5.74) is 0.396. The van der Waals surface area contributed by atoms with Gasteiger partial charge in [-0.2, -0.15) is 4.98 Å². The predicted molar refractivity (Wildman–Crippen MR) is 69.2 cm³/mol. The number of nitrogens with zero attached hydrogens (tertiary/aromatic N) is 5. The van der Waals surface area contributed by atoms with Gasteiger partial charge in [0, 0.05) is 17.8 Å². The Morgan fingerprint density at radius 1 is 1.40 bits per heavy atom. The number of hydrogen-bond acceptors (Lipinski definition) is 7. The van der Waals surface area contributed by atoms with Crippen LogP contribution in [0.25, 0.3) is 0 Å². The van der Waals surface area contributed by atoms with E-state index in [1.807, 2.05) is 0 Å². The van der Waals surface area contributed by atoms with E-state index in [1.54, 1.807) is 10.3 Å². The van der Waals surface area contributed by atoms with Crippen LogP contribution in [-0.2, 0) is 0 Å². The molecule has 2 aromatic heterocycles. The zero-order valence-electron chi connectivity index (χ0n) is 10.7. The summed E-state index contributed by atoms with van der Waals surface area (Å²) in [7, 11) is 0. The second-order valence-electron chi connectivity index (χ2n) is 5.21. The highest BCUT2D eigenvalue weighted by Crippen LogP contribution is 2.40. The largest absolute Gasteiger partial charge is 0.339 e. The molecule has 0 spiro atoms. The lowest BCUT2D eigenvalue weighted by Gasteiger charge is -2.20. The van der Waals surface area contributed by atoms with Crippen LogP contribution in [0.5, 0.6) is 0 Å². The van der Waals surface area contributed by atoms with E-state index in [-0.39, 0.29) is 11.9 Å². The van der Waals surface area contributed by atoms with Gasteiger partial charge < -0.3 is 9.42 Å². The van der Waals surface area contributed by atoms with Crippen LogP contribution in [-0.4, -0.2) is 37.1 Å². The van der Waals surface area contributed by atoms with Crippen LogP contribution in [0, 0.1) is 0 Å². The van der Waals surface area contributed by atoms with E-state index in [1.165, 1.54) is 11.5 Å². The van der Waals surface area contributed by atoms with Gasteiger partial charge in [-0.3, -0.25) is 4.79 Å². The predicted octanol–water partition coefficient (Wildman–Crippen LogP) is 1.78. The minimum Gasteiger partial charge on any atom is -0.339 e. The lowest BCUT2D eigenvalue weighted by atomic mass is 10.2. The van der Waals surface area contributed by atoms with Crippen LogP contribution in [0.15, 0.2) is 9.90 Å². The maximum absolute atomic E-state index is 12.4. The zero-order chi connectivity index (χ0) is 13.5. The van der Waals surface area contributed by atoms with E-state index in [9.17, 15) is 4.79 Å². The highest BCUT2D eigenvalue weighted by Gasteiger charge is 2.36. The molecule has 8 heteroatoms. The van der Waals surface area contributed by atoms with E-state index in [0.717, 1.165) is 31.6 Å². The monoisotopic (exact) mass is 291 g/mol. The molecule has 1 aliphatic carbocycles. The Bertz CT molecular complexity index is 622. The van der Waals surface area contributed by atoms with Crippen molar-refractivity contribution in [1.29, 1.82) is 0 Å². The van der Waals surface area contributed by atoms with Crippen LogP contribution < -0.4 is 0 Å². The summed E-state index contributed by atoms with van der Waals surface area (Å²) >= 11 is 1.18. The molecular weight excluding hydrogens is 278 g/mol. The molecule has 1 aliphatic heterocycles. The third-order valence-electron chi connectivity index (χ3n) is 3.77. The Morgan fingerprint density at radius 2 is 2.30 bits per heavy atom. The maximum Gasteiger partial charge on any atom is 0.275 e. The van der Waals surface area contributed by atoms with Gasteiger partial charge in [-0.15, -0.1) is 5.10 Å². The van der Waals surface area contributed by atoms with Crippen molar-refractivity contribution in [2.75, 3.05) is 6.54 Å². The highest BCUT2D eigenvalue weighted by molar-refractivity contribution is 7.03. The second-order valence-corrected chi connectivity index (χ2v) is 5.82. The van der Waals surface area contributed by atoms with Gasteiger partial charge in [0.25, 0.3) is 5.91 Å². The van der Waals surface area contributed by atoms with Gasteiger partial charge in [-0.25, -0.2) is 0 Å². The van der Waals surface area contributed by atoms with Crippen LogP contribution in [0.1, 0.15) is 59.8 Å². The van der Waals surface area contributed by atoms with Crippen molar-refractivity contribution >= 4 is 17.4 Å². The van der Waals surface area contributed by atoms with Crippen LogP contribution >= 0.6 is 11.5 Å². The normalized spacial score (nSPS) is 22.4. The Kier molecular flexibility index (Phi) is 2.76. The highest BCUT2D eigenvalue weighted by atomic mass is 32.1. The van der Waals surface area contributed by atoms with E-state index in [4.69, 9.17) is 4.52 Å². The van der Waals surface area contributed by atoms with Gasteiger partial charge in [-0.05, 0) is 37.2 Å². The number of amides is 1. The molecule has 1 saturated heterocycles. The summed E-state index contributed by atoms with van der Waals surface area (Å²) in [6.45, 7) is 0.703. The van der Waals surface area contributed by atoms with Crippen molar-refractivity contribution in [3.8, 4) is 0 Å². The molecule has 2 aromatic rings. The fraction of sp³-hybridized carbons (Fsp3) is 0.583. The summed E-state index contributed by atoms with van der Waals surface area (Å²) in [5.74, 6) is 1.68. The molecule has 1 saturated carbocycles. The molecule has 104 valence electrons. The summed E-state index contributed by atoms with van der Waals surface area (Å²) in [4.78, 5) is 18.6. The molecule has 0 aromatic carbocycles. The molecule has 0 radical (unpaired) electrons. The van der Waals surface area contributed by atoms with Gasteiger partial charge in [0.15, 0.2) is 11.5 Å². The van der Waals surface area contributed by atoms with E-state index >= 15 is 0 Å². The third-order valence-corrected chi connectivity index (χ3v) is 4.28. The molecular formula is C12H13N5O2S. The topological polar surface area (TPSA) is 85.0 Å². The SMILES string of the molecule is O=C(c1csnn1)N1CCC[C@@H]1c1noc(C2CC2)n1. The molecule has 0 N–H and O–H groups in total. The molecule has 20 heavy (non-hydrogen) atoms. The van der Waals surface area contributed by atoms with Gasteiger partial charge >= 0.3 is 0 Å². The minimum atomic E-state index is -0.0981. The fourth-order valence-electron chi connectivity index (χ4n) is 2.56. The summed E-state index contributed by atoms with van der Waals surface area (Å²) in [5, 5.41) is 9.58. The molecule has 7 nitrogen and oxygen atoms in total. The lowest BCUT2D eigenvalue weighted by molar-refractivity contribution is 0.0722. The van der Waals surface area contributed by atoms with Crippen molar-refractivity contribution in [3.05, 3.63) is 22.8 Å². The van der Waals surface area contributed by atoms with Gasteiger partial charge in [0.1, 0.15) is 0 Å². The number of carbonyl (C=O) groups is 1. The first-order valence-corrected chi connectivity index (χ1v) is 7.58. The summed E-state index contributed by atoms with van der Waals surface area (Å²) < 4.78 is 9.04. The second kappa shape index (κ2) is 4.62. The van der Waals surface area contributed by atoms with Crippen molar-refractivity contribution < 1.29 is 9.32 Å². The average molecular weight is 291 g/mol. The van der Waals surface area contributed by atoms with Crippen molar-refractivity contribution in [3.63, 3.8) is 0 Å². The lowest BCUT2D eigenvalue weighted by Crippen LogP contribution is -2.31. The van der Waals surface area contributed by atoms with E-state index in [0.29, 0.717) is 24.0 Å². The first-order chi connectivity index (χ1) is 9.83. The van der Waals surface area contributed by atoms with E-state index < -0.39 is 0 Å². The first kappa shape index (κ1) is 12.0. The smallest absolute Gasteiger partial charge is 0.275 e. The number of likely N-dealkylation sites (tertiary alicyclic amines) is 1. The van der Waals surface area contributed by atoms with Crippen molar-refractivity contribution in [2.45, 2.75) is 37.6 Å². The Hall–Kier alpha value is -1.83. The zero-order valence-corrected chi connectivity index (χ0v) is 11.5. The number of aromatic nitrogens is 4. The standard InChI is InChI=1S/C12H13N5O2S/c18-12(8-6-20-16-14-8)17-5-1-2-9(17)10-13-11(19-15-10)7-3-4-7/h6-7,9H,1-5H2/t9-/m1/s1. The maximum atomic E-state index is 12.4. The molecule has 4 rings (SSSR count). The quantitative estimate of drug-likeness (QED) is 0.857. The number of hydrogen-bond donors (Lipinski definition) is 0. The Labute approximate surface area is 119 Å². The van der Waals surface area contributed by atoms with Crippen molar-refractivity contribution in [2.24, 2.45) is 0 Å².